The second-order valence-electron chi connectivity index (χ2n) is 3.68. The molecule has 0 saturated carbocycles. The van der Waals surface area contributed by atoms with Gasteiger partial charge in [-0.2, -0.15) is 0 Å². The van der Waals surface area contributed by atoms with Crippen LogP contribution in [0.1, 0.15) is 19.8 Å². The van der Waals surface area contributed by atoms with Gasteiger partial charge in [0.25, 0.3) is 0 Å². The summed E-state index contributed by atoms with van der Waals surface area (Å²) in [6, 6.07) is 0. The molecule has 0 rings (SSSR count). The monoisotopic (exact) mass is 229 g/mol. The molecule has 0 aromatic rings. The van der Waals surface area contributed by atoms with E-state index in [1.165, 1.54) is 7.11 Å². The molecule has 0 spiro atoms. The maximum Gasteiger partial charge on any atom is 0.333 e. The topological polar surface area (TPSA) is 38.8 Å². The SMILES string of the molecule is CCC(=CCN(C)CCCOC)C(=O)OC. The van der Waals surface area contributed by atoms with Gasteiger partial charge in [0.1, 0.15) is 0 Å². The summed E-state index contributed by atoms with van der Waals surface area (Å²) < 4.78 is 9.67. The van der Waals surface area contributed by atoms with Crippen molar-refractivity contribution in [3.05, 3.63) is 11.6 Å². The van der Waals surface area contributed by atoms with Gasteiger partial charge in [0.2, 0.25) is 0 Å². The van der Waals surface area contributed by atoms with Crippen LogP contribution < -0.4 is 0 Å². The number of carbonyl (C=O) groups is 1. The maximum atomic E-state index is 11.3. The van der Waals surface area contributed by atoms with Crippen molar-refractivity contribution in [2.45, 2.75) is 19.8 Å². The van der Waals surface area contributed by atoms with Crippen molar-refractivity contribution in [3.8, 4) is 0 Å². The van der Waals surface area contributed by atoms with Crippen molar-refractivity contribution in [2.24, 2.45) is 0 Å². The van der Waals surface area contributed by atoms with Crippen LogP contribution in [-0.4, -0.2) is 51.8 Å². The molecule has 0 bridgehead atoms. The van der Waals surface area contributed by atoms with Gasteiger partial charge in [-0.15, -0.1) is 0 Å². The van der Waals surface area contributed by atoms with Gasteiger partial charge in [0.15, 0.2) is 0 Å². The minimum absolute atomic E-state index is 0.229. The highest BCUT2D eigenvalue weighted by molar-refractivity contribution is 5.88. The Kier molecular flexibility index (Phi) is 8.85. The van der Waals surface area contributed by atoms with E-state index in [9.17, 15) is 4.79 Å². The maximum absolute atomic E-state index is 11.3. The first kappa shape index (κ1) is 15.1. The Balaban J connectivity index is 3.97. The van der Waals surface area contributed by atoms with Crippen LogP contribution in [0.25, 0.3) is 0 Å². The fraction of sp³-hybridized carbons (Fsp3) is 0.750. The lowest BCUT2D eigenvalue weighted by molar-refractivity contribution is -0.136. The summed E-state index contributed by atoms with van der Waals surface area (Å²) in [5.41, 5.74) is 0.737. The highest BCUT2D eigenvalue weighted by Crippen LogP contribution is 2.03. The number of rotatable bonds is 8. The normalized spacial score (nSPS) is 11.9. The van der Waals surface area contributed by atoms with Crippen LogP contribution in [0.5, 0.6) is 0 Å². The van der Waals surface area contributed by atoms with Crippen LogP contribution in [-0.2, 0) is 14.3 Å². The Morgan fingerprint density at radius 1 is 1.38 bits per heavy atom. The third-order valence-corrected chi connectivity index (χ3v) is 2.37. The number of ether oxygens (including phenoxy) is 2. The molecule has 0 heterocycles. The molecule has 0 amide bonds. The molecule has 0 saturated heterocycles. The van der Waals surface area contributed by atoms with Gasteiger partial charge in [-0.25, -0.2) is 4.79 Å². The predicted octanol–water partition coefficient (Wildman–Crippen LogP) is 1.46. The molecule has 4 nitrogen and oxygen atoms in total. The zero-order chi connectivity index (χ0) is 12.4. The van der Waals surface area contributed by atoms with Crippen molar-refractivity contribution in [1.82, 2.24) is 4.90 Å². The van der Waals surface area contributed by atoms with Gasteiger partial charge in [0, 0.05) is 32.4 Å². The van der Waals surface area contributed by atoms with E-state index in [4.69, 9.17) is 4.74 Å². The summed E-state index contributed by atoms with van der Waals surface area (Å²) in [7, 11) is 5.14. The largest absolute Gasteiger partial charge is 0.466 e. The minimum Gasteiger partial charge on any atom is -0.466 e. The van der Waals surface area contributed by atoms with Crippen molar-refractivity contribution in [2.75, 3.05) is 41.0 Å². The fourth-order valence-electron chi connectivity index (χ4n) is 1.34. The smallest absolute Gasteiger partial charge is 0.333 e. The van der Waals surface area contributed by atoms with E-state index in [2.05, 4.69) is 9.64 Å². The highest BCUT2D eigenvalue weighted by atomic mass is 16.5. The Labute approximate surface area is 98.2 Å². The molecular formula is C12H23NO3. The van der Waals surface area contributed by atoms with E-state index in [0.717, 1.165) is 31.7 Å². The summed E-state index contributed by atoms with van der Waals surface area (Å²) in [4.78, 5) is 13.4. The number of nitrogens with zero attached hydrogens (tertiary/aromatic N) is 1. The van der Waals surface area contributed by atoms with Crippen molar-refractivity contribution < 1.29 is 14.3 Å². The molecule has 0 unspecified atom stereocenters. The molecule has 0 aromatic heterocycles. The number of hydrogen-bond acceptors (Lipinski definition) is 4. The number of carbonyl (C=O) groups excluding carboxylic acids is 1. The molecule has 0 aliphatic rings. The zero-order valence-electron chi connectivity index (χ0n) is 10.8. The van der Waals surface area contributed by atoms with Crippen LogP contribution in [0, 0.1) is 0 Å². The summed E-state index contributed by atoms with van der Waals surface area (Å²) in [6.45, 7) is 4.45. The molecule has 0 atom stereocenters. The Hall–Kier alpha value is -0.870. The fourth-order valence-corrected chi connectivity index (χ4v) is 1.34. The lowest BCUT2D eigenvalue weighted by atomic mass is 10.2. The van der Waals surface area contributed by atoms with Gasteiger partial charge in [-0.3, -0.25) is 0 Å². The standard InChI is InChI=1S/C12H23NO3/c1-5-11(12(14)16-4)7-9-13(2)8-6-10-15-3/h7H,5-6,8-10H2,1-4H3. The number of hydrogen-bond donors (Lipinski definition) is 0. The van der Waals surface area contributed by atoms with E-state index < -0.39 is 0 Å². The average molecular weight is 229 g/mol. The lowest BCUT2D eigenvalue weighted by Gasteiger charge is -2.14. The van der Waals surface area contributed by atoms with E-state index in [0.29, 0.717) is 6.42 Å². The molecule has 0 radical (unpaired) electrons. The van der Waals surface area contributed by atoms with E-state index in [1.807, 2.05) is 20.0 Å². The number of esters is 1. The average Bonchev–Trinajstić information content (AvgIpc) is 2.29. The van der Waals surface area contributed by atoms with Crippen LogP contribution >= 0.6 is 0 Å². The van der Waals surface area contributed by atoms with Crippen molar-refractivity contribution in [3.63, 3.8) is 0 Å². The van der Waals surface area contributed by atoms with E-state index in [-0.39, 0.29) is 5.97 Å². The molecule has 0 aromatic carbocycles. The third kappa shape index (κ3) is 6.58. The Morgan fingerprint density at radius 2 is 2.06 bits per heavy atom. The first-order valence-corrected chi connectivity index (χ1v) is 5.60. The van der Waals surface area contributed by atoms with Gasteiger partial charge >= 0.3 is 5.97 Å². The lowest BCUT2D eigenvalue weighted by Crippen LogP contribution is -2.21. The Bertz CT molecular complexity index is 226. The van der Waals surface area contributed by atoms with E-state index in [1.54, 1.807) is 7.11 Å². The van der Waals surface area contributed by atoms with Crippen LogP contribution in [0.3, 0.4) is 0 Å². The summed E-state index contributed by atoms with van der Waals surface area (Å²) >= 11 is 0. The summed E-state index contributed by atoms with van der Waals surface area (Å²) in [5, 5.41) is 0. The zero-order valence-corrected chi connectivity index (χ0v) is 10.8. The second kappa shape index (κ2) is 9.36. The van der Waals surface area contributed by atoms with Crippen LogP contribution in [0.2, 0.25) is 0 Å². The molecule has 0 aliphatic carbocycles. The van der Waals surface area contributed by atoms with Crippen molar-refractivity contribution >= 4 is 5.97 Å². The molecule has 4 heteroatoms. The quantitative estimate of drug-likeness (QED) is 0.359. The summed E-state index contributed by atoms with van der Waals surface area (Å²) in [5.74, 6) is -0.229. The Morgan fingerprint density at radius 3 is 2.56 bits per heavy atom. The molecule has 0 fully saturated rings. The second-order valence-corrected chi connectivity index (χ2v) is 3.68. The third-order valence-electron chi connectivity index (χ3n) is 2.37. The molecule has 0 aliphatic heterocycles. The van der Waals surface area contributed by atoms with Gasteiger partial charge in [-0.05, 0) is 19.9 Å². The number of methoxy groups -OCH3 is 2. The molecule has 16 heavy (non-hydrogen) atoms. The molecule has 0 N–H and O–H groups in total. The van der Waals surface area contributed by atoms with E-state index >= 15 is 0 Å². The highest BCUT2D eigenvalue weighted by Gasteiger charge is 2.06. The summed E-state index contributed by atoms with van der Waals surface area (Å²) in [6.07, 6.45) is 3.64. The first-order chi connectivity index (χ1) is 7.65. The predicted molar refractivity (Wildman–Crippen MR) is 64.4 cm³/mol. The molecule has 94 valence electrons. The molecular weight excluding hydrogens is 206 g/mol. The van der Waals surface area contributed by atoms with Gasteiger partial charge in [-0.1, -0.05) is 13.0 Å². The first-order valence-electron chi connectivity index (χ1n) is 5.60. The van der Waals surface area contributed by atoms with Crippen molar-refractivity contribution in [1.29, 1.82) is 0 Å². The van der Waals surface area contributed by atoms with Crippen LogP contribution in [0.4, 0.5) is 0 Å². The number of likely N-dealkylation sites (N-methyl/N-ethyl adjacent to an activating group) is 1. The van der Waals surface area contributed by atoms with Crippen LogP contribution in [0.15, 0.2) is 11.6 Å². The van der Waals surface area contributed by atoms with Gasteiger partial charge in [0.05, 0.1) is 7.11 Å². The van der Waals surface area contributed by atoms with Gasteiger partial charge < -0.3 is 14.4 Å². The minimum atomic E-state index is -0.229.